The number of methoxy groups -OCH3 is 1. The Bertz CT molecular complexity index is 2330. The van der Waals surface area contributed by atoms with E-state index in [4.69, 9.17) is 26.1 Å². The van der Waals surface area contributed by atoms with Crippen LogP contribution in [0.15, 0.2) is 91.5 Å². The molecule has 2 aliphatic heterocycles. The molecule has 1 unspecified atom stereocenters. The van der Waals surface area contributed by atoms with Gasteiger partial charge in [0, 0.05) is 60.0 Å². The van der Waals surface area contributed by atoms with Crippen LogP contribution in [0.1, 0.15) is 59.3 Å². The Morgan fingerprint density at radius 3 is 2.38 bits per heavy atom. The van der Waals surface area contributed by atoms with Crippen molar-refractivity contribution in [3.05, 3.63) is 96.5 Å². The number of hydrogen-bond acceptors (Lipinski definition) is 8. The highest BCUT2D eigenvalue weighted by Crippen LogP contribution is 2.47. The van der Waals surface area contributed by atoms with Gasteiger partial charge in [0.1, 0.15) is 29.2 Å². The number of halogens is 1. The number of nitrogens with zero attached hydrogens (tertiary/aromatic N) is 4. The third-order valence-corrected chi connectivity index (χ3v) is 13.0. The first-order valence-electron chi connectivity index (χ1n) is 20.6. The van der Waals surface area contributed by atoms with E-state index in [1.54, 1.807) is 7.11 Å². The molecule has 3 aliphatic rings. The van der Waals surface area contributed by atoms with E-state index in [1.807, 2.05) is 80.3 Å². The first kappa shape index (κ1) is 43.8. The first-order valence-corrected chi connectivity index (χ1v) is 22.0. The molecule has 3 fully saturated rings. The van der Waals surface area contributed by atoms with Crippen molar-refractivity contribution >= 4 is 63.1 Å². The Kier molecular flexibility index (Phi) is 12.9. The largest absolute Gasteiger partial charge is 0.497 e. The van der Waals surface area contributed by atoms with Crippen LogP contribution in [0.25, 0.3) is 22.2 Å². The quantitative estimate of drug-likeness (QED) is 0.105. The van der Waals surface area contributed by atoms with Crippen molar-refractivity contribution < 1.29 is 37.4 Å². The van der Waals surface area contributed by atoms with E-state index in [9.17, 15) is 23.1 Å². The van der Waals surface area contributed by atoms with Crippen LogP contribution in [0.3, 0.4) is 0 Å². The van der Waals surface area contributed by atoms with Crippen molar-refractivity contribution in [2.75, 3.05) is 31.0 Å². The van der Waals surface area contributed by atoms with Crippen molar-refractivity contribution in [3.63, 3.8) is 0 Å². The number of piperidine rings is 1. The van der Waals surface area contributed by atoms with Crippen molar-refractivity contribution in [1.82, 2.24) is 20.1 Å². The van der Waals surface area contributed by atoms with Crippen molar-refractivity contribution in [3.8, 4) is 22.8 Å². The second-order valence-electron chi connectivity index (χ2n) is 17.1. The van der Waals surface area contributed by atoms with Gasteiger partial charge in [0.05, 0.1) is 36.5 Å². The maximum absolute atomic E-state index is 15.0. The van der Waals surface area contributed by atoms with E-state index in [2.05, 4.69) is 11.9 Å². The number of aromatic nitrogens is 1. The molecule has 1 aliphatic carbocycles. The summed E-state index contributed by atoms with van der Waals surface area (Å²) in [7, 11) is 1.58. The summed E-state index contributed by atoms with van der Waals surface area (Å²) >= 11 is 3.27. The molecule has 0 bridgehead atoms. The number of ether oxygens (including phenoxy) is 2. The lowest BCUT2D eigenvalue weighted by Crippen LogP contribution is -2.57. The molecule has 61 heavy (non-hydrogen) atoms. The molecular weight excluding hydrogens is 818 g/mol. The van der Waals surface area contributed by atoms with Gasteiger partial charge in [-0.25, -0.2) is 13.5 Å². The predicted octanol–water partition coefficient (Wildman–Crippen LogP) is 7.21. The predicted molar refractivity (Wildman–Crippen MR) is 235 cm³/mol. The highest BCUT2D eigenvalue weighted by atomic mass is 35.5. The number of pyridine rings is 1. The molecule has 7 rings (SSSR count). The average Bonchev–Trinajstić information content (AvgIpc) is 3.81. The number of hydrogen-bond donors (Lipinski definition) is 2. The number of nitrogens with one attached hydrogen (secondary N) is 1. The summed E-state index contributed by atoms with van der Waals surface area (Å²) in [5.74, 6) is -2.20. The summed E-state index contributed by atoms with van der Waals surface area (Å²) in [5.41, 5.74) is -0.0553. The zero-order valence-corrected chi connectivity index (χ0v) is 36.4. The molecule has 6 atom stereocenters. The second kappa shape index (κ2) is 18.0. The van der Waals surface area contributed by atoms with E-state index in [1.165, 1.54) is 35.2 Å². The second-order valence-corrected chi connectivity index (χ2v) is 18.4. The molecular formula is C46H52ClN5O8S. The van der Waals surface area contributed by atoms with Gasteiger partial charge in [-0.2, -0.15) is 0 Å². The Labute approximate surface area is 363 Å². The van der Waals surface area contributed by atoms with Gasteiger partial charge in [0.25, 0.3) is 17.2 Å². The Hall–Kier alpha value is -5.31. The summed E-state index contributed by atoms with van der Waals surface area (Å²) < 4.78 is 36.1. The topological polar surface area (TPSA) is 159 Å². The van der Waals surface area contributed by atoms with Crippen LogP contribution >= 0.6 is 11.6 Å². The fourth-order valence-electron chi connectivity index (χ4n) is 8.48. The standard InChI is InChI=1S/C46H52ClN5O8S/c1-6-30-27-46(30,44(56)52(61(57)58)32-17-15-31(47)16-18-32)49-42(54)39-24-34(28-51(39)43(55)36(45(2,3)4)25-41(53)50-21-11-8-12-22-50)60-40-26-37(29-13-9-7-10-14-29)48-38-23-33(59-5)19-20-35(38)40/h6-7,9-10,13-20,23,26,30,34,36,39H,1,8,11-12,21-22,24-25,27-28H2,2-5H3,(H,49,54)(H,57,58)/t30-,34-,36-,39+,46-/m1/s1. The summed E-state index contributed by atoms with van der Waals surface area (Å²) in [6.45, 7) is 10.9. The molecule has 0 radical (unpaired) electrons. The summed E-state index contributed by atoms with van der Waals surface area (Å²) in [5, 5.41) is 3.98. The number of amides is 4. The highest BCUT2D eigenvalue weighted by molar-refractivity contribution is 7.81. The number of likely N-dealkylation sites (tertiary alicyclic amines) is 2. The molecule has 4 aromatic rings. The van der Waals surface area contributed by atoms with Gasteiger partial charge in [-0.3, -0.25) is 23.7 Å². The normalized spacial score (nSPS) is 22.2. The van der Waals surface area contributed by atoms with Crippen LogP contribution in [-0.2, 0) is 30.4 Å². The smallest absolute Gasteiger partial charge is 0.269 e. The van der Waals surface area contributed by atoms with Crippen LogP contribution in [0.2, 0.25) is 5.02 Å². The summed E-state index contributed by atoms with van der Waals surface area (Å²) in [6, 6.07) is 21.7. The van der Waals surface area contributed by atoms with E-state index < -0.39 is 58.0 Å². The zero-order valence-electron chi connectivity index (χ0n) is 34.8. The van der Waals surface area contributed by atoms with Crippen molar-refractivity contribution in [1.29, 1.82) is 0 Å². The van der Waals surface area contributed by atoms with E-state index in [0.29, 0.717) is 50.5 Å². The van der Waals surface area contributed by atoms with Gasteiger partial charge in [0.2, 0.25) is 17.7 Å². The van der Waals surface area contributed by atoms with Gasteiger partial charge >= 0.3 is 0 Å². The Balaban J connectivity index is 1.24. The zero-order chi connectivity index (χ0) is 43.6. The van der Waals surface area contributed by atoms with Crippen molar-refractivity contribution in [2.24, 2.45) is 17.3 Å². The number of fused-ring (bicyclic) bond motifs is 1. The van der Waals surface area contributed by atoms with Gasteiger partial charge in [-0.05, 0) is 67.5 Å². The molecule has 3 aromatic carbocycles. The van der Waals surface area contributed by atoms with Crippen LogP contribution in [0, 0.1) is 17.3 Å². The number of anilines is 1. The molecule has 4 amide bonds. The van der Waals surface area contributed by atoms with Gasteiger partial charge in [-0.1, -0.05) is 68.8 Å². The first-order chi connectivity index (χ1) is 29.1. The Morgan fingerprint density at radius 2 is 1.75 bits per heavy atom. The SMILES string of the molecule is C=C[C@@H]1C[C@]1(NC(=O)[C@@H]1C[C@@H](Oc2cc(-c3ccccc3)nc3cc(OC)ccc23)CN1C(=O)[C@@H](CC(=O)N1CCCCC1)C(C)(C)C)C(=O)N(c1ccc(Cl)cc1)S(=O)O. The molecule has 2 saturated heterocycles. The fraction of sp³-hybridized carbons (Fsp3) is 0.413. The van der Waals surface area contributed by atoms with E-state index in [-0.39, 0.29) is 43.3 Å². The number of rotatable bonds is 13. The third kappa shape index (κ3) is 9.31. The van der Waals surface area contributed by atoms with Crippen molar-refractivity contribution in [2.45, 2.75) is 77.0 Å². The Morgan fingerprint density at radius 1 is 1.05 bits per heavy atom. The molecule has 1 saturated carbocycles. The third-order valence-electron chi connectivity index (χ3n) is 12.1. The number of carbonyl (C=O) groups is 4. The van der Waals surface area contributed by atoms with Gasteiger partial charge in [-0.15, -0.1) is 6.58 Å². The van der Waals surface area contributed by atoms with Crippen LogP contribution < -0.4 is 19.1 Å². The van der Waals surface area contributed by atoms with E-state index in [0.717, 1.165) is 24.8 Å². The summed E-state index contributed by atoms with van der Waals surface area (Å²) in [6.07, 6.45) is 3.81. The lowest BCUT2D eigenvalue weighted by molar-refractivity contribution is -0.148. The molecule has 2 N–H and O–H groups in total. The number of benzene rings is 3. The highest BCUT2D eigenvalue weighted by Gasteiger charge is 2.63. The lowest BCUT2D eigenvalue weighted by atomic mass is 9.77. The lowest BCUT2D eigenvalue weighted by Gasteiger charge is -2.36. The average molecular weight is 870 g/mol. The molecule has 322 valence electrons. The minimum absolute atomic E-state index is 0.00539. The monoisotopic (exact) mass is 869 g/mol. The van der Waals surface area contributed by atoms with Gasteiger partial charge < -0.3 is 24.6 Å². The van der Waals surface area contributed by atoms with Gasteiger partial charge in [0.15, 0.2) is 0 Å². The minimum Gasteiger partial charge on any atom is -0.497 e. The molecule has 15 heteroatoms. The maximum atomic E-state index is 15.0. The van der Waals surface area contributed by atoms with Crippen LogP contribution in [0.4, 0.5) is 5.69 Å². The molecule has 0 spiro atoms. The maximum Gasteiger partial charge on any atom is 0.269 e. The molecule has 1 aromatic heterocycles. The van der Waals surface area contributed by atoms with Crippen LogP contribution in [0.5, 0.6) is 11.5 Å². The van der Waals surface area contributed by atoms with Crippen LogP contribution in [-0.4, -0.2) is 91.6 Å². The minimum atomic E-state index is -2.81. The summed E-state index contributed by atoms with van der Waals surface area (Å²) in [4.78, 5) is 66.1. The van der Waals surface area contributed by atoms with E-state index >= 15 is 4.79 Å². The molecule has 3 heterocycles. The molecule has 13 nitrogen and oxygen atoms in total. The number of carbonyl (C=O) groups excluding carboxylic acids is 4. The fourth-order valence-corrected chi connectivity index (χ4v) is 9.21.